The summed E-state index contributed by atoms with van der Waals surface area (Å²) < 4.78 is 38.5. The Balaban J connectivity index is 1.36. The zero-order valence-electron chi connectivity index (χ0n) is 23.7. The number of carbonyl (C=O) groups is 1. The molecule has 2 aliphatic rings. The van der Waals surface area contributed by atoms with Crippen molar-refractivity contribution in [3.05, 3.63) is 52.9 Å². The highest BCUT2D eigenvalue weighted by atomic mass is 35.5. The van der Waals surface area contributed by atoms with Crippen LogP contribution >= 0.6 is 11.6 Å². The highest BCUT2D eigenvalue weighted by molar-refractivity contribution is 6.33. The van der Waals surface area contributed by atoms with E-state index in [9.17, 15) is 9.90 Å². The second-order valence-electron chi connectivity index (χ2n) is 11.4. The molecule has 2 atom stereocenters. The van der Waals surface area contributed by atoms with E-state index in [1.165, 1.54) is 24.4 Å². The van der Waals surface area contributed by atoms with E-state index in [4.69, 9.17) is 16.3 Å². The predicted molar refractivity (Wildman–Crippen MR) is 155 cm³/mol. The first kappa shape index (κ1) is 28.3. The summed E-state index contributed by atoms with van der Waals surface area (Å²) in [6.45, 7) is 5.82. The molecule has 0 saturated carbocycles. The first-order valence-electron chi connectivity index (χ1n) is 13.5. The average molecular weight is 598 g/mol. The lowest BCUT2D eigenvalue weighted by Crippen LogP contribution is -2.37. The summed E-state index contributed by atoms with van der Waals surface area (Å²) in [6, 6.07) is 5.23. The molecule has 0 radical (unpaired) electrons. The van der Waals surface area contributed by atoms with Gasteiger partial charge in [-0.1, -0.05) is 11.6 Å². The number of anilines is 3. The van der Waals surface area contributed by atoms with Gasteiger partial charge < -0.3 is 24.6 Å². The van der Waals surface area contributed by atoms with Crippen molar-refractivity contribution in [3.8, 4) is 17.0 Å². The number of nitrogens with one attached hydrogen (secondary N) is 1. The summed E-state index contributed by atoms with van der Waals surface area (Å²) in [5, 5.41) is 13.7. The van der Waals surface area contributed by atoms with E-state index in [2.05, 4.69) is 20.3 Å². The number of imidazole rings is 1. The molecule has 42 heavy (non-hydrogen) atoms. The van der Waals surface area contributed by atoms with Gasteiger partial charge >= 0.3 is 0 Å². The number of benzene rings is 2. The molecule has 4 aromatic rings. The van der Waals surface area contributed by atoms with Crippen LogP contribution in [-0.4, -0.2) is 68.7 Å². The van der Waals surface area contributed by atoms with Gasteiger partial charge in [0.25, 0.3) is 0 Å². The Labute approximate surface area is 245 Å². The highest BCUT2D eigenvalue weighted by Crippen LogP contribution is 2.45. The molecule has 2 aliphatic heterocycles. The number of hydrogen-bond donors (Lipinski definition) is 2. The molecule has 0 bridgehead atoms. The van der Waals surface area contributed by atoms with Crippen LogP contribution in [0.15, 0.2) is 30.5 Å². The third-order valence-corrected chi connectivity index (χ3v) is 7.91. The van der Waals surface area contributed by atoms with E-state index in [-0.39, 0.29) is 58.0 Å². The summed E-state index contributed by atoms with van der Waals surface area (Å²) in [4.78, 5) is 29.3. The summed E-state index contributed by atoms with van der Waals surface area (Å²) in [5.74, 6) is -0.657. The minimum atomic E-state index is -1.33. The highest BCUT2D eigenvalue weighted by Gasteiger charge is 2.36. The number of amides is 1. The van der Waals surface area contributed by atoms with Crippen molar-refractivity contribution in [2.45, 2.75) is 44.9 Å². The minimum absolute atomic E-state index is 0.0218. The first-order valence-corrected chi connectivity index (χ1v) is 13.9. The van der Waals surface area contributed by atoms with Gasteiger partial charge in [-0.2, -0.15) is 0 Å². The largest absolute Gasteiger partial charge is 0.488 e. The number of aliphatic hydroxyl groups is 1. The van der Waals surface area contributed by atoms with E-state index < -0.39 is 17.2 Å². The van der Waals surface area contributed by atoms with Gasteiger partial charge in [0.05, 0.1) is 34.7 Å². The predicted octanol–water partition coefficient (Wildman–Crippen LogP) is 5.02. The maximum absolute atomic E-state index is 15.5. The van der Waals surface area contributed by atoms with Crippen molar-refractivity contribution in [2.75, 3.05) is 37.5 Å². The normalized spacial score (nSPS) is 18.7. The molecule has 0 aliphatic carbocycles. The Bertz CT molecular complexity index is 1740. The van der Waals surface area contributed by atoms with Crippen molar-refractivity contribution in [1.82, 2.24) is 24.4 Å². The average Bonchev–Trinajstić information content (AvgIpc) is 3.52. The number of rotatable bonds is 6. The second kappa shape index (κ2) is 10.1. The van der Waals surface area contributed by atoms with Crippen LogP contribution in [0.3, 0.4) is 0 Å². The first-order chi connectivity index (χ1) is 19.8. The number of ether oxygens (including phenoxy) is 1. The third kappa shape index (κ3) is 4.63. The van der Waals surface area contributed by atoms with Crippen LogP contribution < -0.4 is 15.0 Å². The molecule has 0 spiro atoms. The van der Waals surface area contributed by atoms with E-state index in [1.54, 1.807) is 29.4 Å². The van der Waals surface area contributed by atoms with Crippen LogP contribution in [0.4, 0.5) is 26.1 Å². The second-order valence-corrected chi connectivity index (χ2v) is 11.8. The van der Waals surface area contributed by atoms with Crippen LogP contribution in [0.1, 0.15) is 39.1 Å². The molecular weight excluding hydrogens is 568 g/mol. The molecule has 1 unspecified atom stereocenters. The van der Waals surface area contributed by atoms with Crippen LogP contribution in [-0.2, 0) is 10.4 Å². The number of hydrogen-bond acceptors (Lipinski definition) is 8. The Hall–Kier alpha value is -3.87. The fraction of sp³-hybridized carbons (Fsp3) is 0.379. The molecular formula is C29H30ClF2N7O3. The molecule has 1 fully saturated rings. The number of halogens is 3. The van der Waals surface area contributed by atoms with Gasteiger partial charge in [-0.15, -0.1) is 0 Å². The monoisotopic (exact) mass is 597 g/mol. The lowest BCUT2D eigenvalue weighted by molar-refractivity contribution is -0.120. The molecule has 4 heterocycles. The van der Waals surface area contributed by atoms with Gasteiger partial charge in [-0.05, 0) is 65.6 Å². The quantitative estimate of drug-likeness (QED) is 0.319. The van der Waals surface area contributed by atoms with E-state index in [1.807, 2.05) is 25.9 Å². The van der Waals surface area contributed by atoms with E-state index >= 15 is 8.78 Å². The maximum Gasteiger partial charge on any atom is 0.244 e. The topological polar surface area (TPSA) is 109 Å². The molecule has 1 amide bonds. The van der Waals surface area contributed by atoms with Crippen molar-refractivity contribution in [2.24, 2.45) is 0 Å². The third-order valence-electron chi connectivity index (χ3n) is 7.64. The Kier molecular flexibility index (Phi) is 6.82. The molecule has 220 valence electrons. The molecule has 2 aromatic carbocycles. The van der Waals surface area contributed by atoms with Gasteiger partial charge in [-0.25, -0.2) is 23.7 Å². The van der Waals surface area contributed by atoms with Gasteiger partial charge in [0.2, 0.25) is 11.9 Å². The zero-order valence-corrected chi connectivity index (χ0v) is 24.5. The fourth-order valence-corrected chi connectivity index (χ4v) is 5.77. The lowest BCUT2D eigenvalue weighted by atomic mass is 10.1. The number of carbonyl (C=O) groups excluding carboxylic acids is 1. The Morgan fingerprint density at radius 2 is 1.95 bits per heavy atom. The Morgan fingerprint density at radius 3 is 2.62 bits per heavy atom. The fourth-order valence-electron chi connectivity index (χ4n) is 5.58. The van der Waals surface area contributed by atoms with Crippen molar-refractivity contribution in [3.63, 3.8) is 0 Å². The van der Waals surface area contributed by atoms with E-state index in [0.29, 0.717) is 35.7 Å². The van der Waals surface area contributed by atoms with Gasteiger partial charge in [0.15, 0.2) is 11.6 Å². The van der Waals surface area contributed by atoms with Crippen LogP contribution in [0.2, 0.25) is 5.02 Å². The van der Waals surface area contributed by atoms with Crippen molar-refractivity contribution >= 4 is 45.9 Å². The summed E-state index contributed by atoms with van der Waals surface area (Å²) in [7, 11) is 3.69. The smallest absolute Gasteiger partial charge is 0.244 e. The SMILES string of the molecule is C[C@H]1COc2c(-c3nc(Nc4ccc(N5CCC(N(C)C)C5=O)cc4F)ncc3Cl)cc(F)c3nc(C(C)(C)O)n1c23. The van der Waals surface area contributed by atoms with Crippen molar-refractivity contribution in [1.29, 1.82) is 0 Å². The van der Waals surface area contributed by atoms with Crippen LogP contribution in [0.25, 0.3) is 22.3 Å². The van der Waals surface area contributed by atoms with Gasteiger partial charge in [-0.3, -0.25) is 9.69 Å². The van der Waals surface area contributed by atoms with Gasteiger partial charge in [0, 0.05) is 17.8 Å². The van der Waals surface area contributed by atoms with E-state index in [0.717, 1.165) is 0 Å². The van der Waals surface area contributed by atoms with Crippen LogP contribution in [0, 0.1) is 11.6 Å². The number of nitrogens with zero attached hydrogens (tertiary/aromatic N) is 6. The molecule has 1 saturated heterocycles. The summed E-state index contributed by atoms with van der Waals surface area (Å²) in [6.07, 6.45) is 1.99. The van der Waals surface area contributed by atoms with Crippen LogP contribution in [0.5, 0.6) is 5.75 Å². The summed E-state index contributed by atoms with van der Waals surface area (Å²) in [5.41, 5.74) is 0.117. The zero-order chi connectivity index (χ0) is 30.1. The molecule has 10 nitrogen and oxygen atoms in total. The Morgan fingerprint density at radius 1 is 1.19 bits per heavy atom. The minimum Gasteiger partial charge on any atom is -0.488 e. The van der Waals surface area contributed by atoms with Crippen molar-refractivity contribution < 1.29 is 23.4 Å². The molecule has 2 N–H and O–H groups in total. The molecule has 13 heteroatoms. The number of likely N-dealkylation sites (N-methyl/N-ethyl adjacent to an activating group) is 1. The lowest BCUT2D eigenvalue weighted by Gasteiger charge is -2.28. The molecule has 2 aromatic heterocycles. The standard InChI is InChI=1S/C29H30ClF2N7O3/c1-14-13-42-25-16(11-19(32)23-24(25)39(14)27(35-23)29(2,3)41)22-17(30)12-33-28(36-22)34-20-7-6-15(10-18(20)31)38-9-8-21(26(38)40)37(4)5/h6-7,10-12,14,21,41H,8-9,13H2,1-5H3,(H,33,34,36)/t14-,21?/m0/s1. The molecule has 6 rings (SSSR count). The van der Waals surface area contributed by atoms with Gasteiger partial charge in [0.1, 0.15) is 34.9 Å². The summed E-state index contributed by atoms with van der Waals surface area (Å²) >= 11 is 6.49. The number of aromatic nitrogens is 4. The maximum atomic E-state index is 15.5.